The summed E-state index contributed by atoms with van der Waals surface area (Å²) in [7, 11) is 0. The van der Waals surface area contributed by atoms with Gasteiger partial charge in [-0.3, -0.25) is 0 Å². The van der Waals surface area contributed by atoms with Gasteiger partial charge in [0.05, 0.1) is 0 Å². The number of anilines is 1. The van der Waals surface area contributed by atoms with Crippen molar-refractivity contribution in [1.29, 1.82) is 0 Å². The molecule has 0 saturated carbocycles. The Balaban J connectivity index is 1.70. The van der Waals surface area contributed by atoms with Gasteiger partial charge in [-0.05, 0) is 0 Å². The molecule has 0 bridgehead atoms. The SMILES string of the molecule is O=C(Nc1cccc2n[se]nc12)c1ccc2[nH]ccc2c1. The standard InChI is InChI=1S/C15H10N4OSe/c20-15(10-4-5-11-9(8-10)6-7-16-11)17-12-2-1-3-13-14(12)19-21-18-13/h1-8,16H,(H,17,20). The van der Waals surface area contributed by atoms with Gasteiger partial charge >= 0.3 is 126 Å². The number of nitrogens with one attached hydrogen (secondary N) is 2. The molecule has 0 atom stereocenters. The second-order valence-corrected chi connectivity index (χ2v) is 5.78. The molecule has 0 aliphatic rings. The van der Waals surface area contributed by atoms with E-state index in [2.05, 4.69) is 18.3 Å². The number of H-pyrrole nitrogens is 1. The van der Waals surface area contributed by atoms with Crippen LogP contribution in [0.2, 0.25) is 0 Å². The number of aromatic nitrogens is 3. The summed E-state index contributed by atoms with van der Waals surface area (Å²) in [6, 6.07) is 13.2. The molecule has 5 nitrogen and oxygen atoms in total. The Morgan fingerprint density at radius 1 is 1.14 bits per heavy atom. The zero-order chi connectivity index (χ0) is 14.2. The van der Waals surface area contributed by atoms with Crippen molar-refractivity contribution in [3.63, 3.8) is 0 Å². The van der Waals surface area contributed by atoms with Crippen LogP contribution in [0.3, 0.4) is 0 Å². The molecule has 2 heterocycles. The van der Waals surface area contributed by atoms with E-state index >= 15 is 0 Å². The molecule has 2 aromatic heterocycles. The fourth-order valence-corrected chi connectivity index (χ4v) is 3.45. The third kappa shape index (κ3) is 2.14. The summed E-state index contributed by atoms with van der Waals surface area (Å²) in [5, 5.41) is 3.94. The van der Waals surface area contributed by atoms with Gasteiger partial charge in [-0.25, -0.2) is 0 Å². The van der Waals surface area contributed by atoms with Crippen molar-refractivity contribution >= 4 is 48.5 Å². The van der Waals surface area contributed by atoms with Crippen LogP contribution in [0.25, 0.3) is 21.9 Å². The van der Waals surface area contributed by atoms with Crippen molar-refractivity contribution in [2.24, 2.45) is 0 Å². The van der Waals surface area contributed by atoms with E-state index in [1.807, 2.05) is 48.7 Å². The number of benzene rings is 2. The van der Waals surface area contributed by atoms with E-state index in [9.17, 15) is 4.79 Å². The molecule has 2 N–H and O–H groups in total. The number of hydrogen-bond donors (Lipinski definition) is 2. The normalized spacial score (nSPS) is 11.0. The number of carbonyl (C=O) groups is 1. The summed E-state index contributed by atoms with van der Waals surface area (Å²) in [6.45, 7) is 0. The van der Waals surface area contributed by atoms with Crippen LogP contribution >= 0.6 is 0 Å². The van der Waals surface area contributed by atoms with Crippen LogP contribution in [0.15, 0.2) is 48.7 Å². The van der Waals surface area contributed by atoms with Crippen molar-refractivity contribution in [3.05, 3.63) is 54.2 Å². The fraction of sp³-hybridized carbons (Fsp3) is 0. The van der Waals surface area contributed by atoms with Crippen molar-refractivity contribution < 1.29 is 4.79 Å². The molecule has 21 heavy (non-hydrogen) atoms. The van der Waals surface area contributed by atoms with Gasteiger partial charge in [-0.2, -0.15) is 0 Å². The summed E-state index contributed by atoms with van der Waals surface area (Å²) in [4.78, 5) is 15.5. The van der Waals surface area contributed by atoms with Crippen molar-refractivity contribution in [1.82, 2.24) is 12.9 Å². The van der Waals surface area contributed by atoms with E-state index in [0.717, 1.165) is 27.6 Å². The van der Waals surface area contributed by atoms with Gasteiger partial charge in [0.15, 0.2) is 0 Å². The number of amides is 1. The quantitative estimate of drug-likeness (QED) is 0.550. The molecular formula is C15H10N4OSe. The molecule has 102 valence electrons. The first-order valence-electron chi connectivity index (χ1n) is 6.41. The molecule has 2 aromatic carbocycles. The van der Waals surface area contributed by atoms with E-state index in [1.165, 1.54) is 0 Å². The number of carbonyl (C=O) groups excluding carboxylic acids is 1. The minimum absolute atomic E-state index is 0.104. The van der Waals surface area contributed by atoms with Crippen LogP contribution in [-0.2, 0) is 0 Å². The molecule has 0 unspecified atom stereocenters. The van der Waals surface area contributed by atoms with Crippen LogP contribution < -0.4 is 5.32 Å². The Hall–Kier alpha value is -2.43. The first-order chi connectivity index (χ1) is 10.3. The minimum atomic E-state index is -0.138. The summed E-state index contributed by atoms with van der Waals surface area (Å²) in [5.41, 5.74) is 4.00. The Bertz CT molecular complexity index is 956. The Morgan fingerprint density at radius 3 is 3.05 bits per heavy atom. The molecule has 6 heteroatoms. The number of nitrogens with zero attached hydrogens (tertiary/aromatic N) is 2. The second kappa shape index (κ2) is 4.84. The molecule has 0 aliphatic heterocycles. The summed E-state index contributed by atoms with van der Waals surface area (Å²) < 4.78 is 8.68. The van der Waals surface area contributed by atoms with Crippen LogP contribution in [0, 0.1) is 0 Å². The molecule has 4 rings (SSSR count). The average molecular weight is 341 g/mol. The number of rotatable bonds is 2. The Morgan fingerprint density at radius 2 is 2.10 bits per heavy atom. The predicted molar refractivity (Wildman–Crippen MR) is 82.7 cm³/mol. The topological polar surface area (TPSA) is 70.7 Å². The molecule has 4 aromatic rings. The second-order valence-electron chi connectivity index (χ2n) is 4.67. The van der Waals surface area contributed by atoms with Gasteiger partial charge in [0, 0.05) is 0 Å². The van der Waals surface area contributed by atoms with Crippen LogP contribution in [0.1, 0.15) is 10.4 Å². The van der Waals surface area contributed by atoms with Crippen molar-refractivity contribution in [2.75, 3.05) is 5.32 Å². The number of hydrogen-bond acceptors (Lipinski definition) is 3. The van der Waals surface area contributed by atoms with E-state index < -0.39 is 0 Å². The third-order valence-electron chi connectivity index (χ3n) is 3.35. The van der Waals surface area contributed by atoms with E-state index in [4.69, 9.17) is 0 Å². The van der Waals surface area contributed by atoms with Gasteiger partial charge < -0.3 is 0 Å². The van der Waals surface area contributed by atoms with Gasteiger partial charge in [0.25, 0.3) is 0 Å². The first kappa shape index (κ1) is 12.3. The van der Waals surface area contributed by atoms with Crippen LogP contribution in [0.4, 0.5) is 5.69 Å². The first-order valence-corrected chi connectivity index (χ1v) is 7.94. The maximum atomic E-state index is 12.4. The molecule has 1 amide bonds. The zero-order valence-electron chi connectivity index (χ0n) is 10.8. The van der Waals surface area contributed by atoms with E-state index in [0.29, 0.717) is 5.56 Å². The fourth-order valence-electron chi connectivity index (χ4n) is 2.30. The molecule has 0 radical (unpaired) electrons. The van der Waals surface area contributed by atoms with Crippen LogP contribution in [0.5, 0.6) is 0 Å². The van der Waals surface area contributed by atoms with E-state index in [1.54, 1.807) is 0 Å². The van der Waals surface area contributed by atoms with Gasteiger partial charge in [-0.1, -0.05) is 0 Å². The van der Waals surface area contributed by atoms with E-state index in [-0.39, 0.29) is 20.9 Å². The monoisotopic (exact) mass is 342 g/mol. The molecule has 0 aliphatic carbocycles. The maximum absolute atomic E-state index is 12.4. The van der Waals surface area contributed by atoms with Crippen LogP contribution in [-0.4, -0.2) is 33.8 Å². The summed E-state index contributed by atoms with van der Waals surface area (Å²) in [6.07, 6.45) is 1.86. The predicted octanol–water partition coefficient (Wildman–Crippen LogP) is 2.42. The van der Waals surface area contributed by atoms with Gasteiger partial charge in [-0.15, -0.1) is 0 Å². The molecular weight excluding hydrogens is 331 g/mol. The molecule has 0 spiro atoms. The summed E-state index contributed by atoms with van der Waals surface area (Å²) >= 11 is -0.104. The third-order valence-corrected chi connectivity index (χ3v) is 4.49. The average Bonchev–Trinajstić information content (AvgIpc) is 3.15. The number of fused-ring (bicyclic) bond motifs is 2. The Labute approximate surface area is 126 Å². The molecule has 0 fully saturated rings. The van der Waals surface area contributed by atoms with Gasteiger partial charge in [0.2, 0.25) is 0 Å². The number of aromatic amines is 1. The van der Waals surface area contributed by atoms with Crippen molar-refractivity contribution in [2.45, 2.75) is 0 Å². The zero-order valence-corrected chi connectivity index (χ0v) is 12.5. The van der Waals surface area contributed by atoms with Gasteiger partial charge in [0.1, 0.15) is 0 Å². The molecule has 0 saturated heterocycles. The Kier molecular flexibility index (Phi) is 2.84. The summed E-state index contributed by atoms with van der Waals surface area (Å²) in [5.74, 6) is -0.138. The van der Waals surface area contributed by atoms with Crippen molar-refractivity contribution in [3.8, 4) is 0 Å².